The maximum atomic E-state index is 10.0. The van der Waals surface area contributed by atoms with E-state index in [-0.39, 0.29) is 6.04 Å². The van der Waals surface area contributed by atoms with Crippen LogP contribution in [0.15, 0.2) is 30.3 Å². The number of aliphatic hydroxyl groups is 1. The van der Waals surface area contributed by atoms with Crippen molar-refractivity contribution in [1.82, 2.24) is 10.2 Å². The van der Waals surface area contributed by atoms with Crippen molar-refractivity contribution in [3.63, 3.8) is 0 Å². The van der Waals surface area contributed by atoms with E-state index < -0.39 is 6.10 Å². The molecule has 2 N–H and O–H groups in total. The Morgan fingerprint density at radius 2 is 2.17 bits per heavy atom. The Balaban J connectivity index is 1.79. The van der Waals surface area contributed by atoms with Crippen molar-refractivity contribution in [2.45, 2.75) is 25.1 Å². The van der Waals surface area contributed by atoms with Gasteiger partial charge in [-0.1, -0.05) is 30.3 Å². The molecule has 0 unspecified atom stereocenters. The monoisotopic (exact) mass is 245 g/mol. The van der Waals surface area contributed by atoms with E-state index in [2.05, 4.69) is 23.5 Å². The smallest absolute Gasteiger partial charge is 0.0866 e. The third kappa shape index (κ3) is 3.54. The standard InChI is InChI=1S/C14H19N3O/c15-7-9-17-8-6-13(14(18)11-17)16-10-12-4-2-1-3-5-12/h1-5,13-14,16,18H,6,8-11H2/t13-,14-/m0/s1. The van der Waals surface area contributed by atoms with Crippen molar-refractivity contribution < 1.29 is 5.11 Å². The van der Waals surface area contributed by atoms with E-state index in [1.165, 1.54) is 5.56 Å². The number of nitrogens with zero attached hydrogens (tertiary/aromatic N) is 2. The van der Waals surface area contributed by atoms with Crippen molar-refractivity contribution in [3.05, 3.63) is 35.9 Å². The van der Waals surface area contributed by atoms with Crippen LogP contribution in [0.5, 0.6) is 0 Å². The zero-order valence-corrected chi connectivity index (χ0v) is 10.4. The van der Waals surface area contributed by atoms with Gasteiger partial charge in [0.2, 0.25) is 0 Å². The Morgan fingerprint density at radius 1 is 1.39 bits per heavy atom. The first-order chi connectivity index (χ1) is 8.79. The van der Waals surface area contributed by atoms with E-state index in [0.29, 0.717) is 13.1 Å². The van der Waals surface area contributed by atoms with Crippen LogP contribution in [0, 0.1) is 11.3 Å². The topological polar surface area (TPSA) is 59.3 Å². The maximum absolute atomic E-state index is 10.0. The number of hydrogen-bond donors (Lipinski definition) is 2. The zero-order chi connectivity index (χ0) is 12.8. The van der Waals surface area contributed by atoms with Crippen molar-refractivity contribution >= 4 is 0 Å². The molecular formula is C14H19N3O. The highest BCUT2D eigenvalue weighted by atomic mass is 16.3. The molecule has 1 heterocycles. The molecular weight excluding hydrogens is 226 g/mol. The minimum atomic E-state index is -0.393. The summed E-state index contributed by atoms with van der Waals surface area (Å²) in [5.41, 5.74) is 1.23. The fourth-order valence-electron chi connectivity index (χ4n) is 2.32. The molecule has 4 nitrogen and oxygen atoms in total. The van der Waals surface area contributed by atoms with Crippen molar-refractivity contribution in [3.8, 4) is 6.07 Å². The summed E-state index contributed by atoms with van der Waals surface area (Å²) < 4.78 is 0. The molecule has 0 aromatic heterocycles. The van der Waals surface area contributed by atoms with E-state index in [4.69, 9.17) is 5.26 Å². The minimum Gasteiger partial charge on any atom is -0.390 e. The Bertz CT molecular complexity index is 401. The molecule has 0 radical (unpaired) electrons. The molecule has 4 heteroatoms. The summed E-state index contributed by atoms with van der Waals surface area (Å²) >= 11 is 0. The summed E-state index contributed by atoms with van der Waals surface area (Å²) in [5, 5.41) is 22.1. The third-order valence-corrected chi connectivity index (χ3v) is 3.37. The summed E-state index contributed by atoms with van der Waals surface area (Å²) in [6, 6.07) is 12.4. The molecule has 1 aromatic carbocycles. The van der Waals surface area contributed by atoms with Crippen LogP contribution in [0.25, 0.3) is 0 Å². The molecule has 2 rings (SSSR count). The second-order valence-corrected chi connectivity index (χ2v) is 4.72. The minimum absolute atomic E-state index is 0.125. The van der Waals surface area contributed by atoms with Gasteiger partial charge in [-0.2, -0.15) is 5.26 Å². The number of rotatable bonds is 4. The molecule has 1 aliphatic rings. The first-order valence-corrected chi connectivity index (χ1v) is 6.34. The summed E-state index contributed by atoms with van der Waals surface area (Å²) in [6.45, 7) is 2.64. The van der Waals surface area contributed by atoms with E-state index in [0.717, 1.165) is 19.5 Å². The lowest BCUT2D eigenvalue weighted by Gasteiger charge is -2.35. The van der Waals surface area contributed by atoms with E-state index in [9.17, 15) is 5.11 Å². The predicted octanol–water partition coefficient (Wildman–Crippen LogP) is 0.735. The van der Waals surface area contributed by atoms with E-state index in [1.54, 1.807) is 0 Å². The fraction of sp³-hybridized carbons (Fsp3) is 0.500. The Hall–Kier alpha value is -1.41. The number of nitrogens with one attached hydrogen (secondary N) is 1. The molecule has 0 bridgehead atoms. The van der Waals surface area contributed by atoms with Crippen molar-refractivity contribution in [2.24, 2.45) is 0 Å². The van der Waals surface area contributed by atoms with Gasteiger partial charge in [0, 0.05) is 25.7 Å². The van der Waals surface area contributed by atoms with Crippen LogP contribution in [0.3, 0.4) is 0 Å². The van der Waals surface area contributed by atoms with Gasteiger partial charge in [0.1, 0.15) is 0 Å². The second-order valence-electron chi connectivity index (χ2n) is 4.72. The van der Waals surface area contributed by atoms with Gasteiger partial charge in [-0.25, -0.2) is 0 Å². The summed E-state index contributed by atoms with van der Waals surface area (Å²) in [4.78, 5) is 1.99. The van der Waals surface area contributed by atoms with Gasteiger partial charge in [-0.05, 0) is 12.0 Å². The first-order valence-electron chi connectivity index (χ1n) is 6.34. The zero-order valence-electron chi connectivity index (χ0n) is 10.4. The lowest BCUT2D eigenvalue weighted by Crippen LogP contribution is -2.52. The molecule has 1 aromatic rings. The number of piperidine rings is 1. The number of aliphatic hydroxyl groups excluding tert-OH is 1. The van der Waals surface area contributed by atoms with Crippen LogP contribution in [-0.4, -0.2) is 41.8 Å². The average Bonchev–Trinajstić information content (AvgIpc) is 2.39. The van der Waals surface area contributed by atoms with Crippen LogP contribution >= 0.6 is 0 Å². The summed E-state index contributed by atoms with van der Waals surface area (Å²) in [6.07, 6.45) is 0.492. The molecule has 0 aliphatic carbocycles. The number of β-amino-alcohol motifs (C(OH)–C–C–N with tert-alkyl or cyclic N) is 1. The van der Waals surface area contributed by atoms with Crippen LogP contribution in [0.4, 0.5) is 0 Å². The third-order valence-electron chi connectivity index (χ3n) is 3.37. The number of nitriles is 1. The van der Waals surface area contributed by atoms with Gasteiger partial charge >= 0.3 is 0 Å². The van der Waals surface area contributed by atoms with Gasteiger partial charge < -0.3 is 10.4 Å². The van der Waals surface area contributed by atoms with Crippen LogP contribution < -0.4 is 5.32 Å². The predicted molar refractivity (Wildman–Crippen MR) is 69.7 cm³/mol. The second kappa shape index (κ2) is 6.50. The summed E-state index contributed by atoms with van der Waals surface area (Å²) in [5.74, 6) is 0. The normalized spacial score (nSPS) is 24.7. The average molecular weight is 245 g/mol. The lowest BCUT2D eigenvalue weighted by molar-refractivity contribution is 0.0457. The number of benzene rings is 1. The molecule has 0 saturated carbocycles. The van der Waals surface area contributed by atoms with Gasteiger partial charge in [0.15, 0.2) is 0 Å². The highest BCUT2D eigenvalue weighted by molar-refractivity contribution is 5.14. The lowest BCUT2D eigenvalue weighted by atomic mass is 10.0. The Morgan fingerprint density at radius 3 is 2.83 bits per heavy atom. The largest absolute Gasteiger partial charge is 0.390 e. The van der Waals surface area contributed by atoms with Gasteiger partial charge in [0.25, 0.3) is 0 Å². The molecule has 96 valence electrons. The Labute approximate surface area is 108 Å². The molecule has 1 fully saturated rings. The van der Waals surface area contributed by atoms with E-state index in [1.807, 2.05) is 23.1 Å². The Kier molecular flexibility index (Phi) is 4.71. The molecule has 2 atom stereocenters. The van der Waals surface area contributed by atoms with Crippen LogP contribution in [0.1, 0.15) is 12.0 Å². The quantitative estimate of drug-likeness (QED) is 0.768. The van der Waals surface area contributed by atoms with E-state index >= 15 is 0 Å². The van der Waals surface area contributed by atoms with Gasteiger partial charge in [-0.3, -0.25) is 4.90 Å². The molecule has 1 aliphatic heterocycles. The highest BCUT2D eigenvalue weighted by Crippen LogP contribution is 2.11. The number of hydrogen-bond acceptors (Lipinski definition) is 4. The molecule has 0 spiro atoms. The van der Waals surface area contributed by atoms with Crippen LogP contribution in [-0.2, 0) is 6.54 Å². The summed E-state index contributed by atoms with van der Waals surface area (Å²) in [7, 11) is 0. The first kappa shape index (κ1) is 13.0. The van der Waals surface area contributed by atoms with Gasteiger partial charge in [-0.15, -0.1) is 0 Å². The molecule has 0 amide bonds. The van der Waals surface area contributed by atoms with Gasteiger partial charge in [0.05, 0.1) is 18.7 Å². The molecule has 18 heavy (non-hydrogen) atoms. The SMILES string of the molecule is N#CCN1CC[C@H](NCc2ccccc2)[C@@H](O)C1. The maximum Gasteiger partial charge on any atom is 0.0866 e. The van der Waals surface area contributed by atoms with Crippen LogP contribution in [0.2, 0.25) is 0 Å². The van der Waals surface area contributed by atoms with Crippen molar-refractivity contribution in [2.75, 3.05) is 19.6 Å². The van der Waals surface area contributed by atoms with Crippen molar-refractivity contribution in [1.29, 1.82) is 5.26 Å². The highest BCUT2D eigenvalue weighted by Gasteiger charge is 2.26. The fourth-order valence-corrected chi connectivity index (χ4v) is 2.32. The molecule has 1 saturated heterocycles. The number of likely N-dealkylation sites (tertiary alicyclic amines) is 1.